The number of anilines is 3. The Kier molecular flexibility index (Phi) is 8.55. The maximum absolute atomic E-state index is 6.59. The zero-order valence-electron chi connectivity index (χ0n) is 35.2. The number of furan rings is 1. The highest BCUT2D eigenvalue weighted by atomic mass is 16.3. The normalized spacial score (nSPS) is 12.7. The lowest BCUT2D eigenvalue weighted by Crippen LogP contribution is -2.16. The molecule has 0 aliphatic heterocycles. The van der Waals surface area contributed by atoms with Gasteiger partial charge in [-0.15, -0.1) is 0 Å². The smallest absolute Gasteiger partial charge is 0.143 e. The van der Waals surface area contributed by atoms with Crippen LogP contribution in [0.5, 0.6) is 0 Å². The summed E-state index contributed by atoms with van der Waals surface area (Å²) in [5.41, 5.74) is 19.6. The van der Waals surface area contributed by atoms with Gasteiger partial charge in [0, 0.05) is 38.7 Å². The summed E-state index contributed by atoms with van der Waals surface area (Å²) in [6, 6.07) is 81.7. The van der Waals surface area contributed by atoms with Crippen LogP contribution in [0.2, 0.25) is 0 Å². The predicted molar refractivity (Wildman–Crippen MR) is 265 cm³/mol. The molecule has 0 radical (unpaired) electrons. The van der Waals surface area contributed by atoms with Gasteiger partial charge in [-0.2, -0.15) is 0 Å². The van der Waals surface area contributed by atoms with Crippen LogP contribution in [0.3, 0.4) is 0 Å². The van der Waals surface area contributed by atoms with Crippen molar-refractivity contribution < 1.29 is 4.42 Å². The monoisotopic (exact) mass is 805 g/mol. The van der Waals surface area contributed by atoms with Gasteiger partial charge >= 0.3 is 0 Å². The molecule has 1 heterocycles. The van der Waals surface area contributed by atoms with Crippen LogP contribution in [0.15, 0.2) is 229 Å². The van der Waals surface area contributed by atoms with Gasteiger partial charge in [-0.1, -0.05) is 202 Å². The van der Waals surface area contributed by atoms with Gasteiger partial charge in [0.05, 0.1) is 5.69 Å². The zero-order chi connectivity index (χ0) is 42.1. The summed E-state index contributed by atoms with van der Waals surface area (Å²) < 4.78 is 6.59. The summed E-state index contributed by atoms with van der Waals surface area (Å²) in [4.78, 5) is 2.44. The molecule has 63 heavy (non-hydrogen) atoms. The van der Waals surface area contributed by atoms with Crippen molar-refractivity contribution in [3.63, 3.8) is 0 Å². The maximum atomic E-state index is 6.59. The first kappa shape index (κ1) is 36.9. The second-order valence-corrected chi connectivity index (χ2v) is 17.2. The topological polar surface area (TPSA) is 16.4 Å². The maximum Gasteiger partial charge on any atom is 0.143 e. The van der Waals surface area contributed by atoms with Crippen molar-refractivity contribution in [1.29, 1.82) is 0 Å². The number of hydrogen-bond acceptors (Lipinski definition) is 2. The van der Waals surface area contributed by atoms with Gasteiger partial charge in [0.1, 0.15) is 11.2 Å². The molecule has 0 N–H and O–H groups in total. The van der Waals surface area contributed by atoms with E-state index in [0.717, 1.165) is 66.8 Å². The SMILES string of the molecule is CC1(C)c2ccccc2-c2cccc(-c3ccc(N(c4cccc(-c5cccc6c5oc5ccccc56)c4)c4cc(-c5cccc6ccccc56)ccc4-c4ccccc4)cc3)c21. The number of nitrogens with zero attached hydrogens (tertiary/aromatic N) is 1. The van der Waals surface area contributed by atoms with E-state index in [-0.39, 0.29) is 5.41 Å². The van der Waals surface area contributed by atoms with Gasteiger partial charge in [-0.05, 0) is 103 Å². The third kappa shape index (κ3) is 6.02. The minimum atomic E-state index is -0.122. The van der Waals surface area contributed by atoms with Crippen LogP contribution >= 0.6 is 0 Å². The summed E-state index contributed by atoms with van der Waals surface area (Å²) in [6.45, 7) is 4.73. The Bertz CT molecular complexity index is 3530. The van der Waals surface area contributed by atoms with Gasteiger partial charge in [0.25, 0.3) is 0 Å². The lowest BCUT2D eigenvalue weighted by atomic mass is 9.79. The quantitative estimate of drug-likeness (QED) is 0.160. The first-order valence-corrected chi connectivity index (χ1v) is 21.8. The van der Waals surface area contributed by atoms with Crippen molar-refractivity contribution >= 4 is 49.8 Å². The largest absolute Gasteiger partial charge is 0.455 e. The number of benzene rings is 10. The van der Waals surface area contributed by atoms with E-state index in [4.69, 9.17) is 4.42 Å². The molecule has 1 aliphatic carbocycles. The molecule has 1 aliphatic rings. The van der Waals surface area contributed by atoms with Crippen LogP contribution in [0.1, 0.15) is 25.0 Å². The molecule has 0 saturated heterocycles. The van der Waals surface area contributed by atoms with E-state index >= 15 is 0 Å². The molecule has 0 bridgehead atoms. The van der Waals surface area contributed by atoms with E-state index in [2.05, 4.69) is 237 Å². The lowest BCUT2D eigenvalue weighted by Gasteiger charge is -2.29. The molecule has 11 aromatic rings. The van der Waals surface area contributed by atoms with E-state index in [1.807, 2.05) is 6.07 Å². The molecule has 2 heteroatoms. The number of rotatable bonds is 7. The molecule has 0 saturated carbocycles. The molecule has 0 unspecified atom stereocenters. The first-order valence-electron chi connectivity index (χ1n) is 21.8. The molecule has 2 nitrogen and oxygen atoms in total. The van der Waals surface area contributed by atoms with Crippen molar-refractivity contribution in [3.05, 3.63) is 236 Å². The van der Waals surface area contributed by atoms with E-state index in [0.29, 0.717) is 0 Å². The molecule has 298 valence electrons. The van der Waals surface area contributed by atoms with E-state index < -0.39 is 0 Å². The molecule has 0 amide bonds. The molecule has 10 aromatic carbocycles. The number of fused-ring (bicyclic) bond motifs is 7. The van der Waals surface area contributed by atoms with Crippen molar-refractivity contribution in [2.75, 3.05) is 4.90 Å². The first-order chi connectivity index (χ1) is 31.0. The number of hydrogen-bond donors (Lipinski definition) is 0. The minimum absolute atomic E-state index is 0.122. The Morgan fingerprint density at radius 1 is 0.365 bits per heavy atom. The van der Waals surface area contributed by atoms with Crippen molar-refractivity contribution in [2.24, 2.45) is 0 Å². The van der Waals surface area contributed by atoms with Crippen molar-refractivity contribution in [1.82, 2.24) is 0 Å². The fourth-order valence-electron chi connectivity index (χ4n) is 10.3. The van der Waals surface area contributed by atoms with Gasteiger partial charge < -0.3 is 9.32 Å². The third-order valence-electron chi connectivity index (χ3n) is 13.3. The van der Waals surface area contributed by atoms with Crippen molar-refractivity contribution in [2.45, 2.75) is 19.3 Å². The Balaban J connectivity index is 1.07. The van der Waals surface area contributed by atoms with Crippen LogP contribution in [-0.4, -0.2) is 0 Å². The molecule has 12 rings (SSSR count). The highest BCUT2D eigenvalue weighted by Crippen LogP contribution is 2.52. The van der Waals surface area contributed by atoms with Gasteiger partial charge in [0.15, 0.2) is 0 Å². The fraction of sp³-hybridized carbons (Fsp3) is 0.0492. The van der Waals surface area contributed by atoms with Crippen LogP contribution in [0.25, 0.3) is 88.3 Å². The Labute approximate surface area is 368 Å². The summed E-state index contributed by atoms with van der Waals surface area (Å²) in [7, 11) is 0. The van der Waals surface area contributed by atoms with Crippen LogP contribution in [-0.2, 0) is 5.41 Å². The highest BCUT2D eigenvalue weighted by Gasteiger charge is 2.37. The molecule has 0 atom stereocenters. The third-order valence-corrected chi connectivity index (χ3v) is 13.3. The lowest BCUT2D eigenvalue weighted by molar-refractivity contribution is 0.662. The van der Waals surface area contributed by atoms with Gasteiger partial charge in [-0.3, -0.25) is 0 Å². The molecular formula is C61H43NO. The summed E-state index contributed by atoms with van der Waals surface area (Å²) >= 11 is 0. The van der Waals surface area contributed by atoms with E-state index in [1.165, 1.54) is 49.7 Å². The standard InChI is InChI=1S/C61H43NO/c1-61(2)56-30-10-8-23-52(56)54-28-14-26-50(59(54)61)42-32-35-45(36-33-42)62(46-21-12-20-43(38-46)51-27-15-29-55-53-24-9-11-31-58(53)63-60(51)55)57-39-44(34-37-49(57)41-16-4-3-5-17-41)48-25-13-19-40-18-6-7-22-47(40)48/h3-39H,1-2H3. The molecule has 1 aromatic heterocycles. The Morgan fingerprint density at radius 3 is 1.84 bits per heavy atom. The zero-order valence-corrected chi connectivity index (χ0v) is 35.2. The van der Waals surface area contributed by atoms with Crippen molar-refractivity contribution in [3.8, 4) is 55.6 Å². The highest BCUT2D eigenvalue weighted by molar-refractivity contribution is 6.10. The Hall–Kier alpha value is -7.94. The summed E-state index contributed by atoms with van der Waals surface area (Å²) in [5.74, 6) is 0. The van der Waals surface area contributed by atoms with Gasteiger partial charge in [0.2, 0.25) is 0 Å². The molecular weight excluding hydrogens is 763 g/mol. The molecule has 0 fully saturated rings. The average molecular weight is 806 g/mol. The van der Waals surface area contributed by atoms with E-state index in [9.17, 15) is 0 Å². The predicted octanol–water partition coefficient (Wildman–Crippen LogP) is 17.2. The van der Waals surface area contributed by atoms with Gasteiger partial charge in [-0.25, -0.2) is 0 Å². The molecule has 0 spiro atoms. The average Bonchev–Trinajstić information content (AvgIpc) is 3.84. The van der Waals surface area contributed by atoms with E-state index in [1.54, 1.807) is 0 Å². The summed E-state index contributed by atoms with van der Waals surface area (Å²) in [5, 5.41) is 4.70. The van der Waals surface area contributed by atoms with Crippen LogP contribution < -0.4 is 4.90 Å². The fourth-order valence-corrected chi connectivity index (χ4v) is 10.3. The van der Waals surface area contributed by atoms with Crippen LogP contribution in [0, 0.1) is 0 Å². The summed E-state index contributed by atoms with van der Waals surface area (Å²) in [6.07, 6.45) is 0. The minimum Gasteiger partial charge on any atom is -0.455 e. The second kappa shape index (κ2) is 14.6. The second-order valence-electron chi connectivity index (χ2n) is 17.2. The Morgan fingerprint density at radius 2 is 0.952 bits per heavy atom. The van der Waals surface area contributed by atoms with Crippen LogP contribution in [0.4, 0.5) is 17.1 Å². The number of para-hydroxylation sites is 2.